The molecule has 2 aromatic heterocycles. The number of halogens is 1. The van der Waals surface area contributed by atoms with Crippen molar-refractivity contribution in [2.24, 2.45) is 0 Å². The summed E-state index contributed by atoms with van der Waals surface area (Å²) in [6, 6.07) is 7.89. The van der Waals surface area contributed by atoms with E-state index in [-0.39, 0.29) is 17.9 Å². The number of carbonyl (C=O) groups is 1. The molecule has 1 aromatic carbocycles. The number of carbonyl (C=O) groups excluding carboxylic acids is 1. The first-order valence-corrected chi connectivity index (χ1v) is 10.0. The molecule has 2 heterocycles. The van der Waals surface area contributed by atoms with Gasteiger partial charge in [0.15, 0.2) is 5.13 Å². The second kappa shape index (κ2) is 8.14. The molecule has 140 valence electrons. The Balaban J connectivity index is 1.68. The lowest BCUT2D eigenvalue weighted by Crippen LogP contribution is -2.20. The van der Waals surface area contributed by atoms with E-state index in [0.29, 0.717) is 28.6 Å². The van der Waals surface area contributed by atoms with E-state index in [1.54, 1.807) is 13.8 Å². The zero-order valence-electron chi connectivity index (χ0n) is 15.2. The molecule has 0 aliphatic heterocycles. The van der Waals surface area contributed by atoms with Gasteiger partial charge in [-0.15, -0.1) is 11.3 Å². The van der Waals surface area contributed by atoms with E-state index in [1.807, 2.05) is 31.2 Å². The maximum atomic E-state index is 12.3. The maximum absolute atomic E-state index is 12.3. The number of amides is 1. The fraction of sp³-hybridized carbons (Fsp3) is 0.263. The van der Waals surface area contributed by atoms with Crippen LogP contribution in [-0.2, 0) is 11.2 Å². The second-order valence-electron chi connectivity index (χ2n) is 6.19. The average molecular weight is 447 g/mol. The van der Waals surface area contributed by atoms with Crippen molar-refractivity contribution in [2.75, 3.05) is 5.32 Å². The van der Waals surface area contributed by atoms with Crippen molar-refractivity contribution in [1.82, 2.24) is 15.0 Å². The molecule has 0 unspecified atom stereocenters. The van der Waals surface area contributed by atoms with Crippen LogP contribution in [-0.4, -0.2) is 20.9 Å². The second-order valence-corrected chi connectivity index (χ2v) is 8.31. The van der Waals surface area contributed by atoms with Gasteiger partial charge in [0.2, 0.25) is 5.91 Å². The molecule has 0 fully saturated rings. The Labute approximate surface area is 169 Å². The van der Waals surface area contributed by atoms with Gasteiger partial charge in [0.05, 0.1) is 5.69 Å². The van der Waals surface area contributed by atoms with Crippen molar-refractivity contribution in [3.05, 3.63) is 61.1 Å². The number of anilines is 1. The molecule has 0 saturated carbocycles. The molecule has 27 heavy (non-hydrogen) atoms. The number of thiazole rings is 1. The summed E-state index contributed by atoms with van der Waals surface area (Å²) < 4.78 is 1.00. The van der Waals surface area contributed by atoms with Gasteiger partial charge in [0, 0.05) is 32.6 Å². The fourth-order valence-electron chi connectivity index (χ4n) is 2.79. The van der Waals surface area contributed by atoms with Crippen LogP contribution in [0.3, 0.4) is 0 Å². The van der Waals surface area contributed by atoms with Crippen LogP contribution in [0.5, 0.6) is 0 Å². The summed E-state index contributed by atoms with van der Waals surface area (Å²) in [4.78, 5) is 36.8. The molecule has 0 atom stereocenters. The summed E-state index contributed by atoms with van der Waals surface area (Å²) in [7, 11) is 0. The lowest BCUT2D eigenvalue weighted by Gasteiger charge is -2.05. The first-order valence-electron chi connectivity index (χ1n) is 8.43. The van der Waals surface area contributed by atoms with Crippen LogP contribution in [0.1, 0.15) is 28.4 Å². The molecule has 6 nitrogen and oxygen atoms in total. The third kappa shape index (κ3) is 4.70. The number of H-pyrrole nitrogens is 1. The third-order valence-corrected chi connectivity index (χ3v) is 5.52. The Morgan fingerprint density at radius 3 is 2.56 bits per heavy atom. The summed E-state index contributed by atoms with van der Waals surface area (Å²) in [6.07, 6.45) is 0.533. The number of nitrogens with zero attached hydrogens (tertiary/aromatic N) is 2. The van der Waals surface area contributed by atoms with Gasteiger partial charge in [-0.25, -0.2) is 9.97 Å². The first-order chi connectivity index (χ1) is 12.8. The van der Waals surface area contributed by atoms with E-state index in [4.69, 9.17) is 0 Å². The molecule has 8 heteroatoms. The third-order valence-electron chi connectivity index (χ3n) is 4.10. The lowest BCUT2D eigenvalue weighted by molar-refractivity contribution is -0.116. The molecule has 0 saturated heterocycles. The minimum absolute atomic E-state index is 0.175. The Bertz CT molecular complexity index is 1040. The normalized spacial score (nSPS) is 10.8. The van der Waals surface area contributed by atoms with E-state index in [1.165, 1.54) is 11.3 Å². The average Bonchev–Trinajstić information content (AvgIpc) is 2.94. The molecule has 0 aliphatic rings. The fourth-order valence-corrected chi connectivity index (χ4v) is 3.91. The van der Waals surface area contributed by atoms with Crippen molar-refractivity contribution in [2.45, 2.75) is 33.6 Å². The quantitative estimate of drug-likeness (QED) is 0.615. The Hall–Kier alpha value is -2.32. The standard InChI is InChI=1S/C19H19BrN4O2S/c1-10-15(18(26)22-12(3)21-10)8-9-16(25)23-19-24-17(11(2)27-19)13-4-6-14(20)7-5-13/h4-7H,8-9H2,1-3H3,(H,21,22,26)(H,23,24,25). The largest absolute Gasteiger partial charge is 0.311 e. The number of nitrogens with one attached hydrogen (secondary N) is 2. The van der Waals surface area contributed by atoms with Crippen molar-refractivity contribution in [1.29, 1.82) is 0 Å². The Morgan fingerprint density at radius 2 is 1.89 bits per heavy atom. The summed E-state index contributed by atoms with van der Waals surface area (Å²) in [5.41, 5.74) is 2.88. The number of aromatic amines is 1. The Kier molecular flexibility index (Phi) is 5.86. The number of rotatable bonds is 5. The van der Waals surface area contributed by atoms with Crippen LogP contribution in [0.2, 0.25) is 0 Å². The molecule has 3 rings (SSSR count). The van der Waals surface area contributed by atoms with Crippen molar-refractivity contribution >= 4 is 38.3 Å². The molecule has 0 spiro atoms. The van der Waals surface area contributed by atoms with E-state index < -0.39 is 0 Å². The van der Waals surface area contributed by atoms with Crippen LogP contribution < -0.4 is 10.9 Å². The highest BCUT2D eigenvalue weighted by Crippen LogP contribution is 2.31. The van der Waals surface area contributed by atoms with Gasteiger partial charge in [-0.3, -0.25) is 9.59 Å². The van der Waals surface area contributed by atoms with Crippen LogP contribution >= 0.6 is 27.3 Å². The lowest BCUT2D eigenvalue weighted by atomic mass is 10.1. The highest BCUT2D eigenvalue weighted by atomic mass is 79.9. The van der Waals surface area contributed by atoms with Crippen LogP contribution in [0.4, 0.5) is 5.13 Å². The first kappa shape index (κ1) is 19.4. The number of hydrogen-bond donors (Lipinski definition) is 2. The number of aryl methyl sites for hydroxylation is 3. The Morgan fingerprint density at radius 1 is 1.19 bits per heavy atom. The number of benzene rings is 1. The predicted molar refractivity (Wildman–Crippen MR) is 111 cm³/mol. The number of hydrogen-bond acceptors (Lipinski definition) is 5. The van der Waals surface area contributed by atoms with E-state index >= 15 is 0 Å². The van der Waals surface area contributed by atoms with Gasteiger partial charge in [-0.1, -0.05) is 28.1 Å². The van der Waals surface area contributed by atoms with Gasteiger partial charge in [0.1, 0.15) is 5.82 Å². The van der Waals surface area contributed by atoms with Crippen molar-refractivity contribution < 1.29 is 4.79 Å². The van der Waals surface area contributed by atoms with Crippen molar-refractivity contribution in [3.63, 3.8) is 0 Å². The summed E-state index contributed by atoms with van der Waals surface area (Å²) in [5, 5.41) is 3.39. The minimum atomic E-state index is -0.185. The molecule has 0 aliphatic carbocycles. The number of aromatic nitrogens is 3. The van der Waals surface area contributed by atoms with Gasteiger partial charge in [-0.05, 0) is 39.3 Å². The summed E-state index contributed by atoms with van der Waals surface area (Å²) in [6.45, 7) is 5.49. The monoisotopic (exact) mass is 446 g/mol. The molecule has 3 aromatic rings. The summed E-state index contributed by atoms with van der Waals surface area (Å²) in [5.74, 6) is 0.398. The van der Waals surface area contributed by atoms with E-state index in [9.17, 15) is 9.59 Å². The predicted octanol–water partition coefficient (Wildman–Crippen LogP) is 4.15. The van der Waals surface area contributed by atoms with Gasteiger partial charge < -0.3 is 10.3 Å². The van der Waals surface area contributed by atoms with Crippen LogP contribution in [0, 0.1) is 20.8 Å². The molecule has 2 N–H and O–H groups in total. The summed E-state index contributed by atoms with van der Waals surface area (Å²) >= 11 is 4.86. The molecule has 1 amide bonds. The van der Waals surface area contributed by atoms with E-state index in [2.05, 4.69) is 36.2 Å². The maximum Gasteiger partial charge on any atom is 0.254 e. The smallest absolute Gasteiger partial charge is 0.254 e. The van der Waals surface area contributed by atoms with Crippen LogP contribution in [0.15, 0.2) is 33.5 Å². The zero-order valence-corrected chi connectivity index (χ0v) is 17.6. The van der Waals surface area contributed by atoms with Gasteiger partial charge in [-0.2, -0.15) is 0 Å². The highest BCUT2D eigenvalue weighted by Gasteiger charge is 2.14. The molecular formula is C19H19BrN4O2S. The SMILES string of the molecule is Cc1nc(C)c(CCC(=O)Nc2nc(-c3ccc(Br)cc3)c(C)s2)c(=O)[nH]1. The van der Waals surface area contributed by atoms with Gasteiger partial charge in [0.25, 0.3) is 5.56 Å². The zero-order chi connectivity index (χ0) is 19.6. The highest BCUT2D eigenvalue weighted by molar-refractivity contribution is 9.10. The van der Waals surface area contributed by atoms with Gasteiger partial charge >= 0.3 is 0 Å². The van der Waals surface area contributed by atoms with Crippen molar-refractivity contribution in [3.8, 4) is 11.3 Å². The van der Waals surface area contributed by atoms with E-state index in [0.717, 1.165) is 20.6 Å². The molecule has 0 bridgehead atoms. The molecule has 0 radical (unpaired) electrons. The minimum Gasteiger partial charge on any atom is -0.311 e. The molecular weight excluding hydrogens is 428 g/mol. The topological polar surface area (TPSA) is 87.7 Å². The van der Waals surface area contributed by atoms with Crippen LogP contribution in [0.25, 0.3) is 11.3 Å².